The number of Topliss-reactive ketones (excluding diaryl/α,β-unsaturated/α-hetero) is 2. The van der Waals surface area contributed by atoms with Gasteiger partial charge < -0.3 is 10.2 Å². The second-order valence-corrected chi connectivity index (χ2v) is 5.91. The van der Waals surface area contributed by atoms with E-state index in [1.807, 2.05) is 24.3 Å². The number of aliphatic hydroxyl groups is 2. The van der Waals surface area contributed by atoms with Crippen LogP contribution in [0.15, 0.2) is 36.4 Å². The number of rotatable bonds is 0. The largest absolute Gasteiger partial charge is 0.353 e. The van der Waals surface area contributed by atoms with Crippen molar-refractivity contribution in [2.75, 3.05) is 0 Å². The minimum atomic E-state index is -2.92. The van der Waals surface area contributed by atoms with Crippen LogP contribution in [0.2, 0.25) is 0 Å². The zero-order chi connectivity index (χ0) is 14.1. The highest BCUT2D eigenvalue weighted by Gasteiger charge is 2.51. The molecule has 5 heteroatoms. The standard InChI is InChI=1S/C15H8O4S/c16-13-9-5-8-7-3-1-2-4-11(7)20-12(8)6-10(9)14(17)15(13,18)19/h1-6,18-19H. The molecule has 4 nitrogen and oxygen atoms in total. The molecule has 3 aromatic rings. The normalized spacial score (nSPS) is 17.1. The smallest absolute Gasteiger partial charge is 0.295 e. The lowest BCUT2D eigenvalue weighted by Crippen LogP contribution is -2.40. The van der Waals surface area contributed by atoms with Crippen molar-refractivity contribution in [1.29, 1.82) is 0 Å². The van der Waals surface area contributed by atoms with Crippen LogP contribution < -0.4 is 0 Å². The van der Waals surface area contributed by atoms with Crippen molar-refractivity contribution in [1.82, 2.24) is 0 Å². The summed E-state index contributed by atoms with van der Waals surface area (Å²) in [4.78, 5) is 23.8. The van der Waals surface area contributed by atoms with Gasteiger partial charge in [0.05, 0.1) is 0 Å². The van der Waals surface area contributed by atoms with E-state index in [9.17, 15) is 19.8 Å². The molecule has 0 fully saturated rings. The van der Waals surface area contributed by atoms with Crippen LogP contribution in [-0.2, 0) is 0 Å². The zero-order valence-corrected chi connectivity index (χ0v) is 10.9. The number of hydrogen-bond acceptors (Lipinski definition) is 5. The molecular weight excluding hydrogens is 276 g/mol. The van der Waals surface area contributed by atoms with E-state index in [1.165, 1.54) is 11.3 Å². The third-order valence-corrected chi connectivity index (χ3v) is 4.77. The Kier molecular flexibility index (Phi) is 2.06. The number of carbonyl (C=O) groups excluding carboxylic acids is 2. The van der Waals surface area contributed by atoms with Crippen molar-refractivity contribution in [3.05, 3.63) is 47.5 Å². The second kappa shape index (κ2) is 3.52. The Morgan fingerprint density at radius 3 is 2.25 bits per heavy atom. The number of benzene rings is 2. The molecule has 0 saturated carbocycles. The molecule has 0 aliphatic heterocycles. The Labute approximate surface area is 116 Å². The van der Waals surface area contributed by atoms with E-state index in [-0.39, 0.29) is 11.1 Å². The van der Waals surface area contributed by atoms with Crippen molar-refractivity contribution in [3.8, 4) is 0 Å². The molecule has 2 N–H and O–H groups in total. The molecule has 0 radical (unpaired) electrons. The molecular formula is C15H8O4S. The van der Waals surface area contributed by atoms with Crippen molar-refractivity contribution in [3.63, 3.8) is 0 Å². The molecule has 0 saturated heterocycles. The van der Waals surface area contributed by atoms with Crippen molar-refractivity contribution in [2.45, 2.75) is 5.79 Å². The van der Waals surface area contributed by atoms with Gasteiger partial charge in [-0.25, -0.2) is 0 Å². The lowest BCUT2D eigenvalue weighted by molar-refractivity contribution is -0.0857. The molecule has 0 spiro atoms. The summed E-state index contributed by atoms with van der Waals surface area (Å²) in [5.74, 6) is -4.81. The highest BCUT2D eigenvalue weighted by atomic mass is 32.1. The lowest BCUT2D eigenvalue weighted by atomic mass is 10.1. The molecule has 1 aliphatic carbocycles. The van der Waals surface area contributed by atoms with Gasteiger partial charge in [0.25, 0.3) is 5.79 Å². The fraction of sp³-hybridized carbons (Fsp3) is 0.0667. The van der Waals surface area contributed by atoms with Crippen LogP contribution in [0.1, 0.15) is 20.7 Å². The average molecular weight is 284 g/mol. The van der Waals surface area contributed by atoms with Crippen LogP contribution in [0.5, 0.6) is 0 Å². The monoisotopic (exact) mass is 284 g/mol. The minimum absolute atomic E-state index is 0.0797. The Hall–Kier alpha value is -2.08. The maximum atomic E-state index is 11.9. The first-order chi connectivity index (χ1) is 9.50. The summed E-state index contributed by atoms with van der Waals surface area (Å²) in [5, 5.41) is 21.0. The van der Waals surface area contributed by atoms with Gasteiger partial charge in [0.1, 0.15) is 0 Å². The van der Waals surface area contributed by atoms with E-state index in [1.54, 1.807) is 12.1 Å². The van der Waals surface area contributed by atoms with E-state index in [0.717, 1.165) is 20.2 Å². The Morgan fingerprint density at radius 2 is 1.50 bits per heavy atom. The molecule has 4 rings (SSSR count). The average Bonchev–Trinajstić information content (AvgIpc) is 2.88. The first kappa shape index (κ1) is 11.7. The predicted octanol–water partition coefficient (Wildman–Crippen LogP) is 2.11. The Bertz CT molecular complexity index is 920. The number of thiophene rings is 1. The van der Waals surface area contributed by atoms with Gasteiger partial charge in [-0.15, -0.1) is 11.3 Å². The SMILES string of the molecule is O=C1c2cc3sc4ccccc4c3cc2C(=O)C1(O)O. The maximum Gasteiger partial charge on any atom is 0.295 e. The summed E-state index contributed by atoms with van der Waals surface area (Å²) in [7, 11) is 0. The Balaban J connectivity index is 2.14. The van der Waals surface area contributed by atoms with Gasteiger partial charge in [0.15, 0.2) is 0 Å². The second-order valence-electron chi connectivity index (χ2n) is 4.82. The number of hydrogen-bond donors (Lipinski definition) is 2. The van der Waals surface area contributed by atoms with Crippen LogP contribution in [0.25, 0.3) is 20.2 Å². The highest BCUT2D eigenvalue weighted by molar-refractivity contribution is 7.25. The van der Waals surface area contributed by atoms with E-state index < -0.39 is 17.4 Å². The van der Waals surface area contributed by atoms with Crippen molar-refractivity contribution >= 4 is 43.1 Å². The molecule has 0 bridgehead atoms. The third kappa shape index (κ3) is 1.27. The summed E-state index contributed by atoms with van der Waals surface area (Å²) >= 11 is 1.50. The van der Waals surface area contributed by atoms with Crippen LogP contribution in [0, 0.1) is 0 Å². The molecule has 2 aromatic carbocycles. The zero-order valence-electron chi connectivity index (χ0n) is 10.1. The van der Waals surface area contributed by atoms with Crippen LogP contribution >= 0.6 is 11.3 Å². The van der Waals surface area contributed by atoms with E-state index in [2.05, 4.69) is 0 Å². The van der Waals surface area contributed by atoms with Crippen LogP contribution in [-0.4, -0.2) is 27.6 Å². The summed E-state index contributed by atoms with van der Waals surface area (Å²) in [6, 6.07) is 10.9. The molecule has 0 atom stereocenters. The maximum absolute atomic E-state index is 11.9. The lowest BCUT2D eigenvalue weighted by Gasteiger charge is -2.08. The van der Waals surface area contributed by atoms with Gasteiger partial charge in [0.2, 0.25) is 11.6 Å². The third-order valence-electron chi connectivity index (χ3n) is 3.64. The molecule has 0 amide bonds. The fourth-order valence-corrected chi connectivity index (χ4v) is 3.75. The van der Waals surface area contributed by atoms with E-state index in [4.69, 9.17) is 0 Å². The first-order valence-electron chi connectivity index (χ1n) is 6.00. The first-order valence-corrected chi connectivity index (χ1v) is 6.81. The van der Waals surface area contributed by atoms with Gasteiger partial charge in [-0.2, -0.15) is 0 Å². The molecule has 1 heterocycles. The molecule has 0 unspecified atom stereocenters. The van der Waals surface area contributed by atoms with E-state index in [0.29, 0.717) is 0 Å². The van der Waals surface area contributed by atoms with E-state index >= 15 is 0 Å². The summed E-state index contributed by atoms with van der Waals surface area (Å²) in [5.41, 5.74) is 0.162. The highest BCUT2D eigenvalue weighted by Crippen LogP contribution is 2.39. The molecule has 20 heavy (non-hydrogen) atoms. The van der Waals surface area contributed by atoms with Crippen molar-refractivity contribution in [2.24, 2.45) is 0 Å². The van der Waals surface area contributed by atoms with Gasteiger partial charge in [-0.3, -0.25) is 9.59 Å². The minimum Gasteiger partial charge on any atom is -0.353 e. The van der Waals surface area contributed by atoms with Gasteiger partial charge >= 0.3 is 0 Å². The quantitative estimate of drug-likeness (QED) is 0.490. The number of ketones is 2. The number of fused-ring (bicyclic) bond motifs is 4. The predicted molar refractivity (Wildman–Crippen MR) is 75.2 cm³/mol. The number of carbonyl (C=O) groups is 2. The molecule has 1 aromatic heterocycles. The summed E-state index contributed by atoms with van der Waals surface area (Å²) in [6.07, 6.45) is 0. The molecule has 1 aliphatic rings. The van der Waals surface area contributed by atoms with Crippen molar-refractivity contribution < 1.29 is 19.8 Å². The van der Waals surface area contributed by atoms with Gasteiger partial charge in [-0.05, 0) is 18.2 Å². The van der Waals surface area contributed by atoms with Crippen LogP contribution in [0.3, 0.4) is 0 Å². The van der Waals surface area contributed by atoms with Gasteiger partial charge in [0, 0.05) is 31.3 Å². The summed E-state index contributed by atoms with van der Waals surface area (Å²) < 4.78 is 1.91. The molecule has 98 valence electrons. The van der Waals surface area contributed by atoms with Crippen LogP contribution in [0.4, 0.5) is 0 Å². The Morgan fingerprint density at radius 1 is 0.850 bits per heavy atom. The fourth-order valence-electron chi connectivity index (χ4n) is 2.63. The topological polar surface area (TPSA) is 74.6 Å². The summed E-state index contributed by atoms with van der Waals surface area (Å²) in [6.45, 7) is 0. The van der Waals surface area contributed by atoms with Gasteiger partial charge in [-0.1, -0.05) is 18.2 Å².